The maximum absolute atomic E-state index is 3.92. The average molecular weight is 438 g/mol. The van der Waals surface area contributed by atoms with Gasteiger partial charge >= 0.3 is 99.2 Å². The molecule has 14 heavy (non-hydrogen) atoms. The van der Waals surface area contributed by atoms with Gasteiger partial charge in [-0.25, -0.2) is 0 Å². The molecule has 0 aliphatic carbocycles. The quantitative estimate of drug-likeness (QED) is 0.631. The Kier molecular flexibility index (Phi) is 3.75. The van der Waals surface area contributed by atoms with Crippen molar-refractivity contribution in [2.24, 2.45) is 0 Å². The van der Waals surface area contributed by atoms with Crippen molar-refractivity contribution in [1.82, 2.24) is 0 Å². The third kappa shape index (κ3) is 2.45. The zero-order valence-corrected chi connectivity index (χ0v) is 13.8. The van der Waals surface area contributed by atoms with Crippen LogP contribution >= 0.6 is 12.0 Å². The topological polar surface area (TPSA) is 0 Å². The number of hydrogen-bond donors (Lipinski definition) is 0. The molecular weight excluding hydrogens is 428 g/mol. The van der Waals surface area contributed by atoms with Gasteiger partial charge in [-0.05, 0) is 0 Å². The van der Waals surface area contributed by atoms with Crippen molar-refractivity contribution in [2.45, 2.75) is 0 Å². The van der Waals surface area contributed by atoms with Crippen molar-refractivity contribution >= 4 is 38.5 Å². The van der Waals surface area contributed by atoms with Crippen LogP contribution in [0.15, 0.2) is 60.7 Å². The standard InChI is InChI=1S/2C6H5.BrH.Tl/c2*1-2-4-6-5-3-1;;/h2*1-5H;1H;/q;;;+1/p-1. The van der Waals surface area contributed by atoms with Crippen molar-refractivity contribution in [2.75, 3.05) is 0 Å². The Morgan fingerprint density at radius 1 is 0.643 bits per heavy atom. The summed E-state index contributed by atoms with van der Waals surface area (Å²) >= 11 is 1.97. The molecule has 0 bridgehead atoms. The van der Waals surface area contributed by atoms with Crippen LogP contribution in [0.3, 0.4) is 0 Å². The van der Waals surface area contributed by atoms with E-state index in [0.717, 1.165) is 0 Å². The molecule has 0 radical (unpaired) electrons. The van der Waals surface area contributed by atoms with Gasteiger partial charge in [-0.3, -0.25) is 0 Å². The molecular formula is C12H10BrTl. The van der Waals surface area contributed by atoms with E-state index in [-0.39, 0.29) is 0 Å². The van der Waals surface area contributed by atoms with Crippen LogP contribution in [0.5, 0.6) is 0 Å². The number of halogens is 1. The molecule has 0 saturated heterocycles. The minimum atomic E-state index is -1.95. The zero-order chi connectivity index (χ0) is 9.80. The molecule has 68 valence electrons. The molecule has 0 nitrogen and oxygen atoms in total. The fourth-order valence-electron chi connectivity index (χ4n) is 1.44. The van der Waals surface area contributed by atoms with Gasteiger partial charge < -0.3 is 0 Å². The monoisotopic (exact) mass is 438 g/mol. The van der Waals surface area contributed by atoms with E-state index in [1.807, 2.05) is 0 Å². The summed E-state index contributed by atoms with van der Waals surface area (Å²) in [5, 5.41) is 0. The molecule has 0 saturated carbocycles. The van der Waals surface area contributed by atoms with Gasteiger partial charge in [0, 0.05) is 0 Å². The Labute approximate surface area is 98.4 Å². The molecule has 0 fully saturated rings. The Morgan fingerprint density at radius 2 is 1.00 bits per heavy atom. The molecule has 0 aliphatic rings. The van der Waals surface area contributed by atoms with Crippen LogP contribution in [0.4, 0.5) is 0 Å². The van der Waals surface area contributed by atoms with Crippen molar-refractivity contribution in [3.63, 3.8) is 0 Å². The molecule has 0 heterocycles. The second-order valence-electron chi connectivity index (χ2n) is 3.18. The van der Waals surface area contributed by atoms with Gasteiger partial charge in [-0.1, -0.05) is 0 Å². The Balaban J connectivity index is 2.30. The van der Waals surface area contributed by atoms with E-state index in [0.29, 0.717) is 0 Å². The summed E-state index contributed by atoms with van der Waals surface area (Å²) in [6, 6.07) is 21.5. The minimum absolute atomic E-state index is 1.51. The fraction of sp³-hybridized carbons (Fsp3) is 0. The second-order valence-corrected chi connectivity index (χ2v) is 19.2. The molecule has 0 aliphatic heterocycles. The predicted octanol–water partition coefficient (Wildman–Crippen LogP) is 2.19. The van der Waals surface area contributed by atoms with Gasteiger partial charge in [0.1, 0.15) is 0 Å². The van der Waals surface area contributed by atoms with Gasteiger partial charge in [0.2, 0.25) is 0 Å². The van der Waals surface area contributed by atoms with E-state index < -0.39 is 20.3 Å². The summed E-state index contributed by atoms with van der Waals surface area (Å²) in [5.74, 6) is 0. The third-order valence-electron chi connectivity index (χ3n) is 2.18. The first-order valence-electron chi connectivity index (χ1n) is 4.62. The van der Waals surface area contributed by atoms with E-state index in [1.165, 1.54) is 6.25 Å². The summed E-state index contributed by atoms with van der Waals surface area (Å²) < 4.78 is 3.03. The van der Waals surface area contributed by atoms with Crippen LogP contribution in [-0.2, 0) is 0 Å². The van der Waals surface area contributed by atoms with Crippen LogP contribution in [-0.4, -0.2) is 20.3 Å². The van der Waals surface area contributed by atoms with Gasteiger partial charge in [0.05, 0.1) is 0 Å². The zero-order valence-electron chi connectivity index (χ0n) is 7.73. The van der Waals surface area contributed by atoms with E-state index in [1.54, 1.807) is 0 Å². The van der Waals surface area contributed by atoms with Crippen LogP contribution in [0.1, 0.15) is 0 Å². The summed E-state index contributed by atoms with van der Waals surface area (Å²) in [7, 11) is 0. The molecule has 2 rings (SSSR count). The Hall–Kier alpha value is -0.158. The third-order valence-corrected chi connectivity index (χ3v) is 19.0. The number of benzene rings is 2. The SMILES string of the molecule is [Br][Tl]([c]1ccccc1)[c]1ccccc1. The first kappa shape index (κ1) is 10.4. The molecule has 0 unspecified atom stereocenters. The van der Waals surface area contributed by atoms with E-state index in [4.69, 9.17) is 0 Å². The molecule has 0 atom stereocenters. The Bertz CT molecular complexity index is 346. The fourth-order valence-corrected chi connectivity index (χ4v) is 12.6. The molecule has 0 amide bonds. The average Bonchev–Trinajstić information content (AvgIpc) is 2.30. The predicted molar refractivity (Wildman–Crippen MR) is 66.8 cm³/mol. The van der Waals surface area contributed by atoms with Crippen molar-refractivity contribution in [3.05, 3.63) is 60.7 Å². The van der Waals surface area contributed by atoms with Gasteiger partial charge in [-0.15, -0.1) is 0 Å². The molecule has 2 aromatic rings. The van der Waals surface area contributed by atoms with Crippen LogP contribution in [0.25, 0.3) is 0 Å². The summed E-state index contributed by atoms with van der Waals surface area (Å²) in [6.45, 7) is 0. The van der Waals surface area contributed by atoms with E-state index in [9.17, 15) is 0 Å². The van der Waals surface area contributed by atoms with Gasteiger partial charge in [-0.2, -0.15) is 0 Å². The first-order valence-corrected chi connectivity index (χ1v) is 18.8. The van der Waals surface area contributed by atoms with Crippen molar-refractivity contribution in [1.29, 1.82) is 0 Å². The molecule has 0 aromatic heterocycles. The molecule has 0 N–H and O–H groups in total. The number of rotatable bonds is 2. The molecule has 2 aromatic carbocycles. The van der Waals surface area contributed by atoms with Crippen molar-refractivity contribution < 1.29 is 0 Å². The van der Waals surface area contributed by atoms with Crippen LogP contribution in [0, 0.1) is 0 Å². The first-order chi connectivity index (χ1) is 6.88. The number of hydrogen-bond acceptors (Lipinski definition) is 0. The summed E-state index contributed by atoms with van der Waals surface area (Å²) in [4.78, 5) is 0. The maximum atomic E-state index is 3.92. The van der Waals surface area contributed by atoms with Crippen LogP contribution < -0.4 is 6.25 Å². The Morgan fingerprint density at radius 3 is 1.36 bits per heavy atom. The molecule has 0 spiro atoms. The second kappa shape index (κ2) is 5.07. The van der Waals surface area contributed by atoms with E-state index >= 15 is 0 Å². The molecule has 2 heteroatoms. The van der Waals surface area contributed by atoms with Gasteiger partial charge in [0.25, 0.3) is 0 Å². The van der Waals surface area contributed by atoms with Crippen LogP contribution in [0.2, 0.25) is 0 Å². The van der Waals surface area contributed by atoms with Crippen molar-refractivity contribution in [3.8, 4) is 0 Å². The normalized spacial score (nSPS) is 9.79. The summed E-state index contributed by atoms with van der Waals surface area (Å²) in [5.41, 5.74) is 0. The summed E-state index contributed by atoms with van der Waals surface area (Å²) in [6.07, 6.45) is 0. The van der Waals surface area contributed by atoms with Gasteiger partial charge in [0.15, 0.2) is 0 Å². The van der Waals surface area contributed by atoms with E-state index in [2.05, 4.69) is 72.6 Å².